The standard InChI is InChI=1S/C17H21N3O/c1-13(2)6-5-11-18-17(21)10-9-14-12-19-15-7-3-4-8-16(15)20-14/h3-4,7-10,12-13H,5-6,11H2,1-2H3,(H,18,21)/b10-9+. The van der Waals surface area contributed by atoms with Crippen molar-refractivity contribution in [3.63, 3.8) is 0 Å². The van der Waals surface area contributed by atoms with Gasteiger partial charge in [0.15, 0.2) is 0 Å². The number of nitrogens with zero attached hydrogens (tertiary/aromatic N) is 2. The van der Waals surface area contributed by atoms with E-state index in [1.165, 1.54) is 6.08 Å². The van der Waals surface area contributed by atoms with Crippen LogP contribution in [0.5, 0.6) is 0 Å². The lowest BCUT2D eigenvalue weighted by atomic mass is 10.1. The zero-order valence-corrected chi connectivity index (χ0v) is 12.5. The van der Waals surface area contributed by atoms with Crippen LogP contribution in [-0.4, -0.2) is 22.4 Å². The van der Waals surface area contributed by atoms with E-state index in [0.717, 1.165) is 23.9 Å². The van der Waals surface area contributed by atoms with Gasteiger partial charge in [0, 0.05) is 12.6 Å². The van der Waals surface area contributed by atoms with E-state index in [1.54, 1.807) is 12.3 Å². The molecular weight excluding hydrogens is 262 g/mol. The number of para-hydroxylation sites is 2. The highest BCUT2D eigenvalue weighted by Crippen LogP contribution is 2.09. The Morgan fingerprint density at radius 1 is 1.29 bits per heavy atom. The van der Waals surface area contributed by atoms with Crippen LogP contribution in [0.1, 0.15) is 32.4 Å². The summed E-state index contributed by atoms with van der Waals surface area (Å²) >= 11 is 0. The molecular formula is C17H21N3O. The van der Waals surface area contributed by atoms with E-state index in [1.807, 2.05) is 24.3 Å². The number of benzene rings is 1. The van der Waals surface area contributed by atoms with Crippen LogP contribution in [-0.2, 0) is 4.79 Å². The maximum absolute atomic E-state index is 11.7. The summed E-state index contributed by atoms with van der Waals surface area (Å²) in [5.41, 5.74) is 2.37. The van der Waals surface area contributed by atoms with E-state index >= 15 is 0 Å². The largest absolute Gasteiger partial charge is 0.353 e. The summed E-state index contributed by atoms with van der Waals surface area (Å²) in [6.45, 7) is 5.07. The topological polar surface area (TPSA) is 54.9 Å². The van der Waals surface area contributed by atoms with Crippen molar-refractivity contribution in [2.45, 2.75) is 26.7 Å². The van der Waals surface area contributed by atoms with Gasteiger partial charge in [-0.25, -0.2) is 4.98 Å². The SMILES string of the molecule is CC(C)CCCNC(=O)/C=C/c1cnc2ccccc2n1. The van der Waals surface area contributed by atoms with Crippen LogP contribution >= 0.6 is 0 Å². The number of rotatable bonds is 6. The van der Waals surface area contributed by atoms with Gasteiger partial charge in [-0.3, -0.25) is 9.78 Å². The van der Waals surface area contributed by atoms with E-state index in [2.05, 4.69) is 29.1 Å². The molecule has 0 bridgehead atoms. The molecule has 0 aliphatic carbocycles. The number of nitrogens with one attached hydrogen (secondary N) is 1. The number of hydrogen-bond acceptors (Lipinski definition) is 3. The molecule has 1 aromatic heterocycles. The Bertz CT molecular complexity index is 635. The minimum absolute atomic E-state index is 0.0892. The molecule has 2 aromatic rings. The number of carbonyl (C=O) groups excluding carboxylic acids is 1. The van der Waals surface area contributed by atoms with Crippen LogP contribution in [0.25, 0.3) is 17.1 Å². The lowest BCUT2D eigenvalue weighted by molar-refractivity contribution is -0.116. The first-order valence-corrected chi connectivity index (χ1v) is 7.33. The second-order valence-electron chi connectivity index (χ2n) is 5.44. The predicted octanol–water partition coefficient (Wildman–Crippen LogP) is 3.20. The summed E-state index contributed by atoms with van der Waals surface area (Å²) in [5, 5.41) is 2.87. The highest BCUT2D eigenvalue weighted by atomic mass is 16.1. The Labute approximate surface area is 125 Å². The predicted molar refractivity (Wildman–Crippen MR) is 85.7 cm³/mol. The molecule has 1 aromatic carbocycles. The number of amides is 1. The average molecular weight is 283 g/mol. The molecule has 0 fully saturated rings. The van der Waals surface area contributed by atoms with Gasteiger partial charge in [0.2, 0.25) is 5.91 Å². The Morgan fingerprint density at radius 2 is 2.05 bits per heavy atom. The van der Waals surface area contributed by atoms with Crippen LogP contribution in [0.15, 0.2) is 36.5 Å². The zero-order valence-electron chi connectivity index (χ0n) is 12.5. The van der Waals surface area contributed by atoms with Crippen molar-refractivity contribution in [1.82, 2.24) is 15.3 Å². The van der Waals surface area contributed by atoms with Crippen molar-refractivity contribution in [2.75, 3.05) is 6.54 Å². The normalized spacial score (nSPS) is 11.4. The van der Waals surface area contributed by atoms with E-state index in [0.29, 0.717) is 18.2 Å². The maximum Gasteiger partial charge on any atom is 0.244 e. The van der Waals surface area contributed by atoms with Crippen molar-refractivity contribution in [1.29, 1.82) is 0 Å². The van der Waals surface area contributed by atoms with Gasteiger partial charge in [0.1, 0.15) is 0 Å². The molecule has 1 N–H and O–H groups in total. The monoisotopic (exact) mass is 283 g/mol. The van der Waals surface area contributed by atoms with E-state index in [4.69, 9.17) is 0 Å². The minimum atomic E-state index is -0.0892. The molecule has 1 amide bonds. The molecule has 0 aliphatic rings. The Hall–Kier alpha value is -2.23. The van der Waals surface area contributed by atoms with Crippen LogP contribution in [0, 0.1) is 5.92 Å². The van der Waals surface area contributed by atoms with Gasteiger partial charge in [-0.15, -0.1) is 0 Å². The van der Waals surface area contributed by atoms with Crippen LogP contribution in [0.3, 0.4) is 0 Å². The van der Waals surface area contributed by atoms with Crippen LogP contribution in [0.2, 0.25) is 0 Å². The van der Waals surface area contributed by atoms with Gasteiger partial charge in [-0.05, 0) is 37.0 Å². The third kappa shape index (κ3) is 4.99. The molecule has 0 radical (unpaired) electrons. The number of aromatic nitrogens is 2. The Balaban J connectivity index is 1.88. The second kappa shape index (κ2) is 7.53. The van der Waals surface area contributed by atoms with Crippen LogP contribution < -0.4 is 5.32 Å². The summed E-state index contributed by atoms with van der Waals surface area (Å²) in [7, 11) is 0. The van der Waals surface area contributed by atoms with Gasteiger partial charge >= 0.3 is 0 Å². The molecule has 4 nitrogen and oxygen atoms in total. The molecule has 4 heteroatoms. The first kappa shape index (κ1) is 15.2. The number of fused-ring (bicyclic) bond motifs is 1. The first-order valence-electron chi connectivity index (χ1n) is 7.33. The van der Waals surface area contributed by atoms with Gasteiger partial charge < -0.3 is 5.32 Å². The molecule has 1 heterocycles. The fourth-order valence-electron chi connectivity index (χ4n) is 1.99. The smallest absolute Gasteiger partial charge is 0.244 e. The molecule has 0 aliphatic heterocycles. The maximum atomic E-state index is 11.7. The third-order valence-electron chi connectivity index (χ3n) is 3.13. The Morgan fingerprint density at radius 3 is 2.81 bits per heavy atom. The number of carbonyl (C=O) groups is 1. The summed E-state index contributed by atoms with van der Waals surface area (Å²) in [5.74, 6) is 0.582. The summed E-state index contributed by atoms with van der Waals surface area (Å²) in [6.07, 6.45) is 7.00. The van der Waals surface area contributed by atoms with E-state index in [9.17, 15) is 4.79 Å². The molecule has 0 saturated carbocycles. The highest BCUT2D eigenvalue weighted by Gasteiger charge is 1.99. The molecule has 0 atom stereocenters. The molecule has 21 heavy (non-hydrogen) atoms. The van der Waals surface area contributed by atoms with E-state index in [-0.39, 0.29) is 5.91 Å². The summed E-state index contributed by atoms with van der Waals surface area (Å²) in [4.78, 5) is 20.4. The first-order chi connectivity index (χ1) is 10.1. The van der Waals surface area contributed by atoms with E-state index < -0.39 is 0 Å². The fourth-order valence-corrected chi connectivity index (χ4v) is 1.99. The van der Waals surface area contributed by atoms with Crippen molar-refractivity contribution in [2.24, 2.45) is 5.92 Å². The lowest BCUT2D eigenvalue weighted by Crippen LogP contribution is -2.22. The van der Waals surface area contributed by atoms with Crippen LogP contribution in [0.4, 0.5) is 0 Å². The van der Waals surface area contributed by atoms with Gasteiger partial charge in [0.05, 0.1) is 22.9 Å². The van der Waals surface area contributed by atoms with Gasteiger partial charge in [0.25, 0.3) is 0 Å². The zero-order chi connectivity index (χ0) is 15.1. The molecule has 0 spiro atoms. The Kier molecular flexibility index (Phi) is 5.43. The quantitative estimate of drug-likeness (QED) is 0.654. The van der Waals surface area contributed by atoms with Crippen molar-refractivity contribution < 1.29 is 4.79 Å². The minimum Gasteiger partial charge on any atom is -0.353 e. The molecule has 2 rings (SSSR count). The number of hydrogen-bond donors (Lipinski definition) is 1. The molecule has 0 unspecified atom stereocenters. The second-order valence-corrected chi connectivity index (χ2v) is 5.44. The molecule has 0 saturated heterocycles. The summed E-state index contributed by atoms with van der Waals surface area (Å²) < 4.78 is 0. The van der Waals surface area contributed by atoms with Crippen molar-refractivity contribution in [3.8, 4) is 0 Å². The molecule has 110 valence electrons. The summed E-state index contributed by atoms with van der Waals surface area (Å²) in [6, 6.07) is 7.67. The third-order valence-corrected chi connectivity index (χ3v) is 3.13. The highest BCUT2D eigenvalue weighted by molar-refractivity contribution is 5.91. The van der Waals surface area contributed by atoms with Gasteiger partial charge in [-0.1, -0.05) is 26.0 Å². The lowest BCUT2D eigenvalue weighted by Gasteiger charge is -2.04. The van der Waals surface area contributed by atoms with Gasteiger partial charge in [-0.2, -0.15) is 0 Å². The van der Waals surface area contributed by atoms with Crippen molar-refractivity contribution >= 4 is 23.0 Å². The van der Waals surface area contributed by atoms with Crippen molar-refractivity contribution in [3.05, 3.63) is 42.2 Å². The average Bonchev–Trinajstić information content (AvgIpc) is 2.49. The fraction of sp³-hybridized carbons (Fsp3) is 0.353.